The lowest BCUT2D eigenvalue weighted by Crippen LogP contribution is -2.30. The molecule has 3 heterocycles. The highest BCUT2D eigenvalue weighted by Gasteiger charge is 2.33. The van der Waals surface area contributed by atoms with Gasteiger partial charge in [-0.3, -0.25) is 0 Å². The van der Waals surface area contributed by atoms with Gasteiger partial charge in [-0.15, -0.1) is 10.2 Å². The zero-order chi connectivity index (χ0) is 14.2. The van der Waals surface area contributed by atoms with Gasteiger partial charge in [0.05, 0.1) is 12.9 Å². The summed E-state index contributed by atoms with van der Waals surface area (Å²) in [7, 11) is 2.20. The van der Waals surface area contributed by atoms with Crippen LogP contribution >= 0.6 is 0 Å². The van der Waals surface area contributed by atoms with Gasteiger partial charge in [0.15, 0.2) is 5.82 Å². The maximum atomic E-state index is 4.57. The summed E-state index contributed by atoms with van der Waals surface area (Å²) in [6, 6.07) is 0.633. The summed E-state index contributed by atoms with van der Waals surface area (Å²) in [5, 5.41) is 9.06. The van der Waals surface area contributed by atoms with Crippen LogP contribution in [0.3, 0.4) is 0 Å². The summed E-state index contributed by atoms with van der Waals surface area (Å²) in [4.78, 5) is 6.52. The minimum atomic E-state index is 0.575. The van der Waals surface area contributed by atoms with Gasteiger partial charge in [0.1, 0.15) is 5.82 Å². The van der Waals surface area contributed by atoms with Gasteiger partial charge in [0, 0.05) is 24.4 Å². The van der Waals surface area contributed by atoms with E-state index in [2.05, 4.69) is 36.3 Å². The average molecular weight is 286 g/mol. The second kappa shape index (κ2) is 5.26. The summed E-state index contributed by atoms with van der Waals surface area (Å²) in [5.41, 5.74) is 0. The molecule has 1 aliphatic carbocycles. The molecule has 1 saturated carbocycles. The molecule has 0 radical (unpaired) electrons. The minimum Gasteiger partial charge on any atom is -0.330 e. The van der Waals surface area contributed by atoms with Gasteiger partial charge in [-0.1, -0.05) is 0 Å². The third kappa shape index (κ3) is 2.60. The molecular formula is C15H22N6. The summed E-state index contributed by atoms with van der Waals surface area (Å²) in [6.45, 7) is 3.11. The first-order chi connectivity index (χ1) is 10.3. The number of nitrogens with zero attached hydrogens (tertiary/aromatic N) is 6. The molecular weight excluding hydrogens is 264 g/mol. The van der Waals surface area contributed by atoms with Crippen LogP contribution in [0.2, 0.25) is 0 Å². The highest BCUT2D eigenvalue weighted by atomic mass is 15.3. The van der Waals surface area contributed by atoms with Crippen LogP contribution < -0.4 is 0 Å². The maximum Gasteiger partial charge on any atom is 0.153 e. The lowest BCUT2D eigenvalue weighted by atomic mass is 9.96. The molecule has 0 amide bonds. The van der Waals surface area contributed by atoms with Crippen LogP contribution in [0.5, 0.6) is 0 Å². The van der Waals surface area contributed by atoms with E-state index < -0.39 is 0 Å². The molecule has 0 spiro atoms. The summed E-state index contributed by atoms with van der Waals surface area (Å²) >= 11 is 0. The van der Waals surface area contributed by atoms with Crippen molar-refractivity contribution < 1.29 is 0 Å². The topological polar surface area (TPSA) is 51.8 Å². The van der Waals surface area contributed by atoms with E-state index in [1.54, 1.807) is 0 Å². The fourth-order valence-electron chi connectivity index (χ4n) is 3.26. The van der Waals surface area contributed by atoms with E-state index in [1.165, 1.54) is 44.6 Å². The first-order valence-electron chi connectivity index (χ1n) is 7.89. The van der Waals surface area contributed by atoms with Crippen molar-refractivity contribution in [3.8, 4) is 0 Å². The van der Waals surface area contributed by atoms with E-state index in [1.807, 2.05) is 18.7 Å². The van der Waals surface area contributed by atoms with Gasteiger partial charge < -0.3 is 14.0 Å². The molecule has 2 fully saturated rings. The molecule has 2 aromatic heterocycles. The number of likely N-dealkylation sites (tertiary alicyclic amines) is 1. The third-order valence-electron chi connectivity index (χ3n) is 4.67. The molecule has 4 rings (SSSR count). The van der Waals surface area contributed by atoms with Gasteiger partial charge in [0.25, 0.3) is 0 Å². The molecule has 0 unspecified atom stereocenters. The van der Waals surface area contributed by atoms with Crippen molar-refractivity contribution in [1.82, 2.24) is 29.2 Å². The average Bonchev–Trinajstić information content (AvgIpc) is 3.04. The Kier molecular flexibility index (Phi) is 3.25. The Morgan fingerprint density at radius 3 is 2.62 bits per heavy atom. The van der Waals surface area contributed by atoms with Gasteiger partial charge in [-0.25, -0.2) is 4.98 Å². The third-order valence-corrected chi connectivity index (χ3v) is 4.67. The monoisotopic (exact) mass is 286 g/mol. The Morgan fingerprint density at radius 1 is 1.14 bits per heavy atom. The molecule has 2 aliphatic rings. The highest BCUT2D eigenvalue weighted by molar-refractivity contribution is 5.09. The molecule has 1 saturated heterocycles. The van der Waals surface area contributed by atoms with Crippen molar-refractivity contribution >= 4 is 0 Å². The lowest BCUT2D eigenvalue weighted by molar-refractivity contribution is 0.248. The largest absolute Gasteiger partial charge is 0.330 e. The summed E-state index contributed by atoms with van der Waals surface area (Å²) < 4.78 is 4.50. The number of imidazole rings is 1. The summed E-state index contributed by atoms with van der Waals surface area (Å²) in [6.07, 6.45) is 10.6. The standard InChI is InChI=1S/C15H22N6/c1-19-7-4-12(5-8-19)15-18-17-14(21(15)13-2-3-13)10-20-9-6-16-11-20/h6,9,11-13H,2-5,7-8,10H2,1H3. The van der Waals surface area contributed by atoms with Crippen LogP contribution in [0.25, 0.3) is 0 Å². The van der Waals surface area contributed by atoms with E-state index in [0.717, 1.165) is 12.4 Å². The first-order valence-corrected chi connectivity index (χ1v) is 7.89. The molecule has 21 heavy (non-hydrogen) atoms. The van der Waals surface area contributed by atoms with Gasteiger partial charge >= 0.3 is 0 Å². The van der Waals surface area contributed by atoms with Crippen LogP contribution in [0.1, 0.15) is 49.3 Å². The lowest BCUT2D eigenvalue weighted by Gasteiger charge is -2.28. The quantitative estimate of drug-likeness (QED) is 0.858. The van der Waals surface area contributed by atoms with E-state index in [0.29, 0.717) is 12.0 Å². The Balaban J connectivity index is 1.60. The number of hydrogen-bond donors (Lipinski definition) is 0. The van der Waals surface area contributed by atoms with Crippen LogP contribution in [0.4, 0.5) is 0 Å². The maximum absolute atomic E-state index is 4.57. The van der Waals surface area contributed by atoms with E-state index in [4.69, 9.17) is 0 Å². The molecule has 112 valence electrons. The zero-order valence-corrected chi connectivity index (χ0v) is 12.5. The van der Waals surface area contributed by atoms with Crippen LogP contribution in [0, 0.1) is 0 Å². The van der Waals surface area contributed by atoms with Crippen molar-refractivity contribution in [3.63, 3.8) is 0 Å². The number of rotatable bonds is 4. The normalized spacial score (nSPS) is 21.0. The molecule has 0 bridgehead atoms. The summed E-state index contributed by atoms with van der Waals surface area (Å²) in [5.74, 6) is 2.89. The molecule has 1 aliphatic heterocycles. The molecule has 0 aromatic carbocycles. The minimum absolute atomic E-state index is 0.575. The SMILES string of the molecule is CN1CCC(c2nnc(Cn3ccnc3)n2C2CC2)CC1. The van der Waals surface area contributed by atoms with Gasteiger partial charge in [-0.05, 0) is 45.8 Å². The number of piperidine rings is 1. The van der Waals surface area contributed by atoms with Crippen molar-refractivity contribution in [3.05, 3.63) is 30.4 Å². The molecule has 6 nitrogen and oxygen atoms in total. The molecule has 2 aromatic rings. The highest BCUT2D eigenvalue weighted by Crippen LogP contribution is 2.39. The zero-order valence-electron chi connectivity index (χ0n) is 12.5. The van der Waals surface area contributed by atoms with Crippen LogP contribution in [-0.2, 0) is 6.54 Å². The molecule has 0 N–H and O–H groups in total. The van der Waals surface area contributed by atoms with Gasteiger partial charge in [-0.2, -0.15) is 0 Å². The predicted molar refractivity (Wildman–Crippen MR) is 79.1 cm³/mol. The van der Waals surface area contributed by atoms with Crippen molar-refractivity contribution in [2.75, 3.05) is 20.1 Å². The van der Waals surface area contributed by atoms with E-state index in [-0.39, 0.29) is 0 Å². The Bertz CT molecular complexity index is 590. The predicted octanol–water partition coefficient (Wildman–Crippen LogP) is 1.67. The number of hydrogen-bond acceptors (Lipinski definition) is 4. The van der Waals surface area contributed by atoms with Crippen molar-refractivity contribution in [2.45, 2.75) is 44.2 Å². The van der Waals surface area contributed by atoms with E-state index in [9.17, 15) is 0 Å². The second-order valence-corrected chi connectivity index (χ2v) is 6.39. The van der Waals surface area contributed by atoms with E-state index >= 15 is 0 Å². The van der Waals surface area contributed by atoms with Crippen molar-refractivity contribution in [2.24, 2.45) is 0 Å². The fourth-order valence-corrected chi connectivity index (χ4v) is 3.26. The Labute approximate surface area is 124 Å². The van der Waals surface area contributed by atoms with Crippen molar-refractivity contribution in [1.29, 1.82) is 0 Å². The second-order valence-electron chi connectivity index (χ2n) is 6.39. The Hall–Kier alpha value is -1.69. The number of aromatic nitrogens is 5. The van der Waals surface area contributed by atoms with Crippen LogP contribution in [-0.4, -0.2) is 49.4 Å². The molecule has 0 atom stereocenters. The fraction of sp³-hybridized carbons (Fsp3) is 0.667. The molecule has 6 heteroatoms. The Morgan fingerprint density at radius 2 is 1.95 bits per heavy atom. The van der Waals surface area contributed by atoms with Crippen LogP contribution in [0.15, 0.2) is 18.7 Å². The van der Waals surface area contributed by atoms with Gasteiger partial charge in [0.2, 0.25) is 0 Å². The first kappa shape index (κ1) is 13.0. The smallest absolute Gasteiger partial charge is 0.153 e.